The number of nitrogens with zero attached hydrogens (tertiary/aromatic N) is 1. The summed E-state index contributed by atoms with van der Waals surface area (Å²) in [6.45, 7) is 3.76. The highest BCUT2D eigenvalue weighted by atomic mass is 32.2. The Morgan fingerprint density at radius 1 is 1.00 bits per heavy atom. The van der Waals surface area contributed by atoms with Crippen LogP contribution in [0.15, 0.2) is 23.7 Å². The molecule has 0 N–H and O–H groups in total. The van der Waals surface area contributed by atoms with Gasteiger partial charge in [0.1, 0.15) is 5.75 Å². The Kier molecular flexibility index (Phi) is 6.40. The third kappa shape index (κ3) is 4.93. The SMILES string of the molecule is CC(=O)O[C@@H]1[C@@H](OC(C)=O)[C@H](OC(C)=O)CS[C@H]1Oc1ccc2ncsc2c1. The zero-order valence-corrected chi connectivity index (χ0v) is 17.1. The molecule has 1 fully saturated rings. The quantitative estimate of drug-likeness (QED) is 0.528. The molecule has 28 heavy (non-hydrogen) atoms. The number of hydrogen-bond acceptors (Lipinski definition) is 10. The van der Waals surface area contributed by atoms with Crippen LogP contribution >= 0.6 is 23.1 Å². The summed E-state index contributed by atoms with van der Waals surface area (Å²) in [5, 5.41) is 0. The molecule has 0 saturated carbocycles. The van der Waals surface area contributed by atoms with Crippen molar-refractivity contribution < 1.29 is 33.3 Å². The minimum Gasteiger partial charge on any atom is -0.476 e. The molecule has 1 saturated heterocycles. The second kappa shape index (κ2) is 8.78. The van der Waals surface area contributed by atoms with Crippen LogP contribution in [-0.4, -0.2) is 52.4 Å². The number of esters is 3. The number of ether oxygens (including phenoxy) is 4. The molecule has 0 aliphatic carbocycles. The number of fused-ring (bicyclic) bond motifs is 1. The molecule has 8 nitrogen and oxygen atoms in total. The third-order valence-corrected chi connectivity index (χ3v) is 5.87. The summed E-state index contributed by atoms with van der Waals surface area (Å²) in [6.07, 6.45) is -2.66. The highest BCUT2D eigenvalue weighted by molar-refractivity contribution is 7.99. The third-order valence-electron chi connectivity index (χ3n) is 3.86. The first-order valence-electron chi connectivity index (χ1n) is 8.46. The average molecular weight is 425 g/mol. The molecule has 0 bridgehead atoms. The van der Waals surface area contributed by atoms with Gasteiger partial charge in [0, 0.05) is 26.5 Å². The highest BCUT2D eigenvalue weighted by Crippen LogP contribution is 2.35. The monoisotopic (exact) mass is 425 g/mol. The summed E-state index contributed by atoms with van der Waals surface area (Å²) in [7, 11) is 0. The molecule has 0 unspecified atom stereocenters. The zero-order chi connectivity index (χ0) is 20.3. The van der Waals surface area contributed by atoms with Crippen molar-refractivity contribution in [1.29, 1.82) is 0 Å². The first kappa shape index (κ1) is 20.4. The van der Waals surface area contributed by atoms with Crippen LogP contribution in [0.4, 0.5) is 0 Å². The van der Waals surface area contributed by atoms with Crippen molar-refractivity contribution in [3.05, 3.63) is 23.7 Å². The molecule has 0 radical (unpaired) electrons. The minimum absolute atomic E-state index is 0.322. The van der Waals surface area contributed by atoms with Crippen LogP contribution in [0.25, 0.3) is 10.2 Å². The van der Waals surface area contributed by atoms with Gasteiger partial charge in [0.2, 0.25) is 0 Å². The number of carbonyl (C=O) groups is 3. The molecule has 2 aromatic rings. The molecule has 10 heteroatoms. The maximum Gasteiger partial charge on any atom is 0.303 e. The van der Waals surface area contributed by atoms with Crippen molar-refractivity contribution in [1.82, 2.24) is 4.98 Å². The lowest BCUT2D eigenvalue weighted by Crippen LogP contribution is -2.55. The van der Waals surface area contributed by atoms with E-state index in [9.17, 15) is 14.4 Å². The number of hydrogen-bond donors (Lipinski definition) is 0. The molecule has 1 aromatic heterocycles. The number of carbonyl (C=O) groups excluding carboxylic acids is 3. The second-order valence-corrected chi connectivity index (χ2v) is 8.12. The number of aromatic nitrogens is 1. The summed E-state index contributed by atoms with van der Waals surface area (Å²) in [5.74, 6) is -0.755. The van der Waals surface area contributed by atoms with Gasteiger partial charge in [-0.2, -0.15) is 0 Å². The van der Waals surface area contributed by atoms with Gasteiger partial charge in [0.15, 0.2) is 23.7 Å². The Hall–Kier alpha value is -2.33. The molecule has 2 heterocycles. The Balaban J connectivity index is 1.86. The standard InChI is InChI=1S/C18H19NO7S2/c1-9(20)23-14-7-27-18(17(25-11(3)22)16(14)24-10(2)21)26-12-4-5-13-15(6-12)28-8-19-13/h4-6,8,14,16-18H,7H2,1-3H3/t14-,16+,17-,18-/m1/s1. The molecule has 4 atom stereocenters. The van der Waals surface area contributed by atoms with Gasteiger partial charge in [0.25, 0.3) is 0 Å². The fourth-order valence-corrected chi connectivity index (χ4v) is 4.77. The number of benzene rings is 1. The molecule has 3 rings (SSSR count). The molecule has 1 aromatic carbocycles. The average Bonchev–Trinajstić information content (AvgIpc) is 3.06. The molecule has 1 aliphatic rings. The van der Waals surface area contributed by atoms with Crippen LogP contribution in [-0.2, 0) is 28.6 Å². The van der Waals surface area contributed by atoms with Crippen molar-refractivity contribution in [3.63, 3.8) is 0 Å². The van der Waals surface area contributed by atoms with E-state index in [0.29, 0.717) is 11.5 Å². The molecule has 0 amide bonds. The summed E-state index contributed by atoms with van der Waals surface area (Å²) in [6, 6.07) is 5.45. The van der Waals surface area contributed by atoms with E-state index >= 15 is 0 Å². The van der Waals surface area contributed by atoms with E-state index in [0.717, 1.165) is 10.2 Å². The first-order valence-corrected chi connectivity index (χ1v) is 10.4. The van der Waals surface area contributed by atoms with E-state index in [1.165, 1.54) is 43.9 Å². The Labute approximate surface area is 169 Å². The van der Waals surface area contributed by atoms with Crippen molar-refractivity contribution in [2.45, 2.75) is 44.5 Å². The van der Waals surface area contributed by atoms with Crippen molar-refractivity contribution in [2.24, 2.45) is 0 Å². The van der Waals surface area contributed by atoms with Crippen LogP contribution in [0.1, 0.15) is 20.8 Å². The summed E-state index contributed by atoms with van der Waals surface area (Å²) in [5.41, 5.74) is 1.95. The fourth-order valence-electron chi connectivity index (χ4n) is 2.85. The molecular formula is C18H19NO7S2. The maximum atomic E-state index is 11.7. The normalized spacial score (nSPS) is 24.4. The van der Waals surface area contributed by atoms with E-state index in [2.05, 4.69) is 4.98 Å². The van der Waals surface area contributed by atoms with Crippen LogP contribution in [0.3, 0.4) is 0 Å². The Morgan fingerprint density at radius 3 is 2.36 bits per heavy atom. The van der Waals surface area contributed by atoms with Gasteiger partial charge < -0.3 is 18.9 Å². The van der Waals surface area contributed by atoms with Gasteiger partial charge >= 0.3 is 17.9 Å². The summed E-state index contributed by atoms with van der Waals surface area (Å²) in [4.78, 5) is 38.9. The Bertz CT molecular complexity index is 884. The van der Waals surface area contributed by atoms with Gasteiger partial charge in [-0.3, -0.25) is 14.4 Å². The van der Waals surface area contributed by atoms with Crippen LogP contribution < -0.4 is 4.74 Å². The van der Waals surface area contributed by atoms with Gasteiger partial charge in [-0.25, -0.2) is 4.98 Å². The minimum atomic E-state index is -0.969. The molecule has 1 aliphatic heterocycles. The number of rotatable bonds is 5. The van der Waals surface area contributed by atoms with Crippen LogP contribution in [0.5, 0.6) is 5.75 Å². The van der Waals surface area contributed by atoms with Gasteiger partial charge in [-0.15, -0.1) is 23.1 Å². The maximum absolute atomic E-state index is 11.7. The van der Waals surface area contributed by atoms with E-state index in [-0.39, 0.29) is 0 Å². The fraction of sp³-hybridized carbons (Fsp3) is 0.444. The van der Waals surface area contributed by atoms with Gasteiger partial charge in [-0.05, 0) is 18.2 Å². The van der Waals surface area contributed by atoms with E-state index < -0.39 is 41.7 Å². The van der Waals surface area contributed by atoms with Gasteiger partial charge in [-0.1, -0.05) is 0 Å². The Morgan fingerprint density at radius 2 is 1.68 bits per heavy atom. The van der Waals surface area contributed by atoms with E-state index in [1.807, 2.05) is 12.1 Å². The smallest absolute Gasteiger partial charge is 0.303 e. The predicted molar refractivity (Wildman–Crippen MR) is 103 cm³/mol. The topological polar surface area (TPSA) is 101 Å². The van der Waals surface area contributed by atoms with Gasteiger partial charge in [0.05, 0.1) is 15.7 Å². The van der Waals surface area contributed by atoms with Crippen LogP contribution in [0.2, 0.25) is 0 Å². The van der Waals surface area contributed by atoms with E-state index in [4.69, 9.17) is 18.9 Å². The van der Waals surface area contributed by atoms with Crippen molar-refractivity contribution in [2.75, 3.05) is 5.75 Å². The first-order chi connectivity index (χ1) is 13.3. The van der Waals surface area contributed by atoms with Crippen molar-refractivity contribution >= 4 is 51.2 Å². The summed E-state index contributed by atoms with van der Waals surface area (Å²) >= 11 is 2.80. The summed E-state index contributed by atoms with van der Waals surface area (Å²) < 4.78 is 23.0. The molecule has 0 spiro atoms. The molecular weight excluding hydrogens is 406 g/mol. The lowest BCUT2D eigenvalue weighted by atomic mass is 10.1. The second-order valence-electron chi connectivity index (χ2n) is 6.10. The zero-order valence-electron chi connectivity index (χ0n) is 15.4. The number of thiazole rings is 1. The highest BCUT2D eigenvalue weighted by Gasteiger charge is 2.47. The largest absolute Gasteiger partial charge is 0.476 e. The predicted octanol–water partition coefficient (Wildman–Crippen LogP) is 2.54. The van der Waals surface area contributed by atoms with Crippen molar-refractivity contribution in [3.8, 4) is 5.75 Å². The van der Waals surface area contributed by atoms with E-state index in [1.54, 1.807) is 11.6 Å². The molecule has 150 valence electrons. The number of thioether (sulfide) groups is 1. The lowest BCUT2D eigenvalue weighted by molar-refractivity contribution is -0.186. The van der Waals surface area contributed by atoms with Crippen LogP contribution in [0, 0.1) is 0 Å². The lowest BCUT2D eigenvalue weighted by Gasteiger charge is -2.39.